The standard InChI is InChI=1S/C15H9NOS/c16-9-10-6-11-8-12(17)3-4-13(11)14(7-10)15-2-1-5-18-15/h1-8,17H. The summed E-state index contributed by atoms with van der Waals surface area (Å²) >= 11 is 1.64. The predicted molar refractivity (Wildman–Crippen MR) is 73.6 cm³/mol. The zero-order valence-electron chi connectivity index (χ0n) is 9.42. The number of thiophene rings is 1. The van der Waals surface area contributed by atoms with Crippen LogP contribution in [-0.4, -0.2) is 5.11 Å². The average Bonchev–Trinajstić information content (AvgIpc) is 2.90. The molecule has 0 unspecified atom stereocenters. The van der Waals surface area contributed by atoms with Crippen molar-refractivity contribution in [1.29, 1.82) is 5.26 Å². The zero-order chi connectivity index (χ0) is 12.5. The van der Waals surface area contributed by atoms with Crippen LogP contribution in [0.25, 0.3) is 21.2 Å². The Kier molecular flexibility index (Phi) is 2.51. The smallest absolute Gasteiger partial charge is 0.116 e. The molecule has 0 radical (unpaired) electrons. The number of hydrogen-bond donors (Lipinski definition) is 1. The molecular weight excluding hydrogens is 242 g/mol. The first-order valence-electron chi connectivity index (χ1n) is 5.49. The molecule has 86 valence electrons. The van der Waals surface area contributed by atoms with E-state index in [4.69, 9.17) is 5.26 Å². The van der Waals surface area contributed by atoms with Crippen LogP contribution in [0.1, 0.15) is 5.56 Å². The van der Waals surface area contributed by atoms with Gasteiger partial charge in [0.1, 0.15) is 5.75 Å². The Bertz CT molecular complexity index is 754. The van der Waals surface area contributed by atoms with Crippen LogP contribution in [0, 0.1) is 11.3 Å². The van der Waals surface area contributed by atoms with E-state index >= 15 is 0 Å². The van der Waals surface area contributed by atoms with Crippen molar-refractivity contribution in [3.05, 3.63) is 53.4 Å². The highest BCUT2D eigenvalue weighted by molar-refractivity contribution is 7.13. The molecular formula is C15H9NOS. The van der Waals surface area contributed by atoms with E-state index in [1.165, 1.54) is 0 Å². The summed E-state index contributed by atoms with van der Waals surface area (Å²) in [7, 11) is 0. The Labute approximate surface area is 108 Å². The summed E-state index contributed by atoms with van der Waals surface area (Å²) < 4.78 is 0. The minimum atomic E-state index is 0.217. The van der Waals surface area contributed by atoms with Crippen molar-refractivity contribution in [2.75, 3.05) is 0 Å². The van der Waals surface area contributed by atoms with Crippen molar-refractivity contribution < 1.29 is 5.11 Å². The van der Waals surface area contributed by atoms with E-state index in [-0.39, 0.29) is 5.75 Å². The van der Waals surface area contributed by atoms with Crippen LogP contribution in [-0.2, 0) is 0 Å². The molecule has 3 heteroatoms. The highest BCUT2D eigenvalue weighted by Gasteiger charge is 2.07. The lowest BCUT2D eigenvalue weighted by Crippen LogP contribution is -1.82. The highest BCUT2D eigenvalue weighted by atomic mass is 32.1. The van der Waals surface area contributed by atoms with Gasteiger partial charge in [-0.3, -0.25) is 0 Å². The van der Waals surface area contributed by atoms with E-state index in [9.17, 15) is 5.11 Å². The minimum Gasteiger partial charge on any atom is -0.508 e. The molecule has 0 amide bonds. The van der Waals surface area contributed by atoms with Gasteiger partial charge in [0.2, 0.25) is 0 Å². The number of benzene rings is 2. The van der Waals surface area contributed by atoms with E-state index < -0.39 is 0 Å². The van der Waals surface area contributed by atoms with Gasteiger partial charge in [-0.25, -0.2) is 0 Å². The molecule has 2 aromatic carbocycles. The van der Waals surface area contributed by atoms with Crippen molar-refractivity contribution in [2.24, 2.45) is 0 Å². The van der Waals surface area contributed by atoms with Crippen LogP contribution in [0.2, 0.25) is 0 Å². The second-order valence-corrected chi connectivity index (χ2v) is 4.97. The van der Waals surface area contributed by atoms with Crippen molar-refractivity contribution in [2.45, 2.75) is 0 Å². The van der Waals surface area contributed by atoms with Gasteiger partial charge in [0.15, 0.2) is 0 Å². The predicted octanol–water partition coefficient (Wildman–Crippen LogP) is 4.15. The Hall–Kier alpha value is -2.31. The van der Waals surface area contributed by atoms with Crippen LogP contribution in [0.5, 0.6) is 5.75 Å². The molecule has 0 aliphatic rings. The van der Waals surface area contributed by atoms with Gasteiger partial charge in [0.05, 0.1) is 11.6 Å². The van der Waals surface area contributed by atoms with Crippen molar-refractivity contribution in [3.63, 3.8) is 0 Å². The number of nitrogens with zero attached hydrogens (tertiary/aromatic N) is 1. The Balaban J connectivity index is 2.39. The molecule has 3 aromatic rings. The van der Waals surface area contributed by atoms with Crippen LogP contribution in [0.3, 0.4) is 0 Å². The maximum Gasteiger partial charge on any atom is 0.116 e. The van der Waals surface area contributed by atoms with E-state index in [0.29, 0.717) is 5.56 Å². The van der Waals surface area contributed by atoms with Crippen LogP contribution >= 0.6 is 11.3 Å². The van der Waals surface area contributed by atoms with E-state index in [2.05, 4.69) is 6.07 Å². The number of phenols is 1. The van der Waals surface area contributed by atoms with Gasteiger partial charge < -0.3 is 5.11 Å². The fourth-order valence-electron chi connectivity index (χ4n) is 2.06. The molecule has 0 atom stereocenters. The second kappa shape index (κ2) is 4.17. The van der Waals surface area contributed by atoms with Crippen molar-refractivity contribution in [1.82, 2.24) is 0 Å². The van der Waals surface area contributed by atoms with Gasteiger partial charge in [-0.05, 0) is 46.5 Å². The van der Waals surface area contributed by atoms with Gasteiger partial charge in [0.25, 0.3) is 0 Å². The quantitative estimate of drug-likeness (QED) is 0.706. The zero-order valence-corrected chi connectivity index (χ0v) is 10.2. The average molecular weight is 251 g/mol. The molecule has 1 heterocycles. The Morgan fingerprint density at radius 3 is 2.72 bits per heavy atom. The molecule has 1 aromatic heterocycles. The van der Waals surface area contributed by atoms with Gasteiger partial charge in [-0.2, -0.15) is 5.26 Å². The fourth-order valence-corrected chi connectivity index (χ4v) is 2.81. The number of nitriles is 1. The van der Waals surface area contributed by atoms with Crippen LogP contribution in [0.15, 0.2) is 47.8 Å². The van der Waals surface area contributed by atoms with Crippen molar-refractivity contribution in [3.8, 4) is 22.3 Å². The maximum atomic E-state index is 9.53. The summed E-state index contributed by atoms with van der Waals surface area (Å²) in [6, 6.07) is 15.1. The lowest BCUT2D eigenvalue weighted by molar-refractivity contribution is 0.476. The summed E-state index contributed by atoms with van der Waals surface area (Å²) in [5.41, 5.74) is 1.65. The minimum absolute atomic E-state index is 0.217. The first-order valence-corrected chi connectivity index (χ1v) is 6.36. The lowest BCUT2D eigenvalue weighted by Gasteiger charge is -2.06. The Morgan fingerprint density at radius 2 is 2.00 bits per heavy atom. The molecule has 0 saturated heterocycles. The van der Waals surface area contributed by atoms with E-state index in [0.717, 1.165) is 21.2 Å². The largest absolute Gasteiger partial charge is 0.508 e. The summed E-state index contributed by atoms with van der Waals surface area (Å²) in [5, 5.41) is 22.6. The van der Waals surface area contributed by atoms with Crippen LogP contribution < -0.4 is 0 Å². The molecule has 0 fully saturated rings. The first-order chi connectivity index (χ1) is 8.78. The van der Waals surface area contributed by atoms with E-state index in [1.54, 1.807) is 29.5 Å². The summed E-state index contributed by atoms with van der Waals surface area (Å²) in [6.45, 7) is 0. The lowest BCUT2D eigenvalue weighted by atomic mass is 10.00. The topological polar surface area (TPSA) is 44.0 Å². The van der Waals surface area contributed by atoms with Crippen molar-refractivity contribution >= 4 is 22.1 Å². The Morgan fingerprint density at radius 1 is 1.11 bits per heavy atom. The molecule has 0 saturated carbocycles. The molecule has 3 rings (SSSR count). The fraction of sp³-hybridized carbons (Fsp3) is 0. The number of fused-ring (bicyclic) bond motifs is 1. The molecule has 0 aliphatic heterocycles. The van der Waals surface area contributed by atoms with Gasteiger partial charge in [-0.1, -0.05) is 12.1 Å². The third-order valence-corrected chi connectivity index (χ3v) is 3.76. The maximum absolute atomic E-state index is 9.53. The third kappa shape index (κ3) is 1.73. The molecule has 2 nitrogen and oxygen atoms in total. The molecule has 0 spiro atoms. The van der Waals surface area contributed by atoms with Gasteiger partial charge in [-0.15, -0.1) is 11.3 Å². The number of phenolic OH excluding ortho intramolecular Hbond substituents is 1. The molecule has 0 bridgehead atoms. The monoisotopic (exact) mass is 251 g/mol. The number of rotatable bonds is 1. The van der Waals surface area contributed by atoms with Crippen LogP contribution in [0.4, 0.5) is 0 Å². The second-order valence-electron chi connectivity index (χ2n) is 4.02. The SMILES string of the molecule is N#Cc1cc(-c2cccs2)c2ccc(O)cc2c1. The number of hydrogen-bond acceptors (Lipinski definition) is 3. The van der Waals surface area contributed by atoms with Gasteiger partial charge in [0, 0.05) is 10.4 Å². The third-order valence-electron chi connectivity index (χ3n) is 2.85. The highest BCUT2D eigenvalue weighted by Crippen LogP contribution is 2.34. The summed E-state index contributed by atoms with van der Waals surface area (Å²) in [4.78, 5) is 1.13. The molecule has 18 heavy (non-hydrogen) atoms. The molecule has 1 N–H and O–H groups in total. The number of aromatic hydroxyl groups is 1. The molecule has 0 aliphatic carbocycles. The normalized spacial score (nSPS) is 10.4. The van der Waals surface area contributed by atoms with Gasteiger partial charge >= 0.3 is 0 Å². The first kappa shape index (κ1) is 10.8. The summed E-state index contributed by atoms with van der Waals surface area (Å²) in [5.74, 6) is 0.217. The van der Waals surface area contributed by atoms with E-state index in [1.807, 2.05) is 29.6 Å². The summed E-state index contributed by atoms with van der Waals surface area (Å²) in [6.07, 6.45) is 0.